The molecule has 0 spiro atoms. The minimum atomic E-state index is -5.02. The number of aryl methyl sites for hydroxylation is 1. The van der Waals surface area contributed by atoms with Gasteiger partial charge in [-0.15, -0.1) is 15.6 Å². The van der Waals surface area contributed by atoms with Crippen LogP contribution in [0.5, 0.6) is 5.75 Å². The molecule has 2 aromatic heterocycles. The maximum Gasteiger partial charge on any atom is 0.418 e. The summed E-state index contributed by atoms with van der Waals surface area (Å²) in [5.74, 6) is -1.80. The van der Waals surface area contributed by atoms with E-state index in [2.05, 4.69) is 30.0 Å². The van der Waals surface area contributed by atoms with Gasteiger partial charge in [0, 0.05) is 36.5 Å². The number of carboxylic acid groups (broad SMARTS) is 1. The zero-order chi connectivity index (χ0) is 37.8. The third-order valence-corrected chi connectivity index (χ3v) is 9.24. The first-order valence-corrected chi connectivity index (χ1v) is 18.1. The minimum absolute atomic E-state index is 0.0561. The number of β-lactam (4-membered cyclic amide) rings is 1. The zero-order valence-corrected chi connectivity index (χ0v) is 30.0. The van der Waals surface area contributed by atoms with Crippen molar-refractivity contribution in [2.75, 3.05) is 50.0 Å². The number of nitrogens with two attached hydrogens (primary N) is 2. The molecule has 2 saturated heterocycles. The highest BCUT2D eigenvalue weighted by atomic mass is 32.3. The second-order valence-electron chi connectivity index (χ2n) is 12.5. The molecule has 280 valence electrons. The van der Waals surface area contributed by atoms with E-state index in [-0.39, 0.29) is 10.8 Å². The second kappa shape index (κ2) is 15.7. The van der Waals surface area contributed by atoms with Crippen LogP contribution in [0.3, 0.4) is 0 Å². The van der Waals surface area contributed by atoms with Gasteiger partial charge in [0.25, 0.3) is 17.9 Å². The summed E-state index contributed by atoms with van der Waals surface area (Å²) < 4.78 is 43.2. The third-order valence-electron chi connectivity index (χ3n) is 8.23. The quantitative estimate of drug-likeness (QED) is 0.0306. The fraction of sp³-hybridized carbons (Fsp3) is 0.433. The van der Waals surface area contributed by atoms with Crippen molar-refractivity contribution in [3.05, 3.63) is 47.7 Å². The summed E-state index contributed by atoms with van der Waals surface area (Å²) >= 11 is 0.958. The number of benzene rings is 1. The molecule has 2 aliphatic heterocycles. The van der Waals surface area contributed by atoms with Crippen molar-refractivity contribution < 1.29 is 50.9 Å². The number of amides is 2. The molecule has 0 bridgehead atoms. The summed E-state index contributed by atoms with van der Waals surface area (Å²) in [4.78, 5) is 54.0. The summed E-state index contributed by atoms with van der Waals surface area (Å²) in [7, 11) is -3.11. The van der Waals surface area contributed by atoms with Crippen molar-refractivity contribution in [3.63, 3.8) is 0 Å². The molecule has 0 aliphatic carbocycles. The first kappa shape index (κ1) is 38.2. The molecule has 3 aromatic rings. The van der Waals surface area contributed by atoms with E-state index in [0.29, 0.717) is 29.8 Å². The molecule has 52 heavy (non-hydrogen) atoms. The fourth-order valence-electron chi connectivity index (χ4n) is 5.39. The summed E-state index contributed by atoms with van der Waals surface area (Å²) in [6.07, 6.45) is 2.04. The number of carboxylic acids is 1. The largest absolute Gasteiger partial charge is 0.489 e. The monoisotopic (exact) mass is 763 g/mol. The molecule has 2 aliphatic rings. The fourth-order valence-corrected chi connectivity index (χ4v) is 6.39. The van der Waals surface area contributed by atoms with Crippen LogP contribution in [0.15, 0.2) is 47.2 Å². The smallest absolute Gasteiger partial charge is 0.418 e. The summed E-state index contributed by atoms with van der Waals surface area (Å²) in [5.41, 5.74) is 11.2. The number of hydrogen-bond donors (Lipinski definition) is 6. The number of aromatic nitrogens is 3. The second-order valence-corrected chi connectivity index (χ2v) is 14.4. The Bertz CT molecular complexity index is 1940. The molecule has 1 unspecified atom stereocenters. The molecule has 8 N–H and O–H groups in total. The van der Waals surface area contributed by atoms with Gasteiger partial charge in [0.15, 0.2) is 10.8 Å². The summed E-state index contributed by atoms with van der Waals surface area (Å²) in [6, 6.07) is 5.55. The molecular weight excluding hydrogens is 725 g/mol. The van der Waals surface area contributed by atoms with Crippen molar-refractivity contribution in [1.82, 2.24) is 25.7 Å². The van der Waals surface area contributed by atoms with Crippen LogP contribution < -0.4 is 36.3 Å². The van der Waals surface area contributed by atoms with Crippen LogP contribution >= 0.6 is 11.3 Å². The van der Waals surface area contributed by atoms with Crippen molar-refractivity contribution >= 4 is 56.3 Å². The minimum Gasteiger partial charge on any atom is -0.489 e. The lowest BCUT2D eigenvalue weighted by Crippen LogP contribution is -2.76. The number of anilines is 2. The topological polar surface area (TPSA) is 278 Å². The maximum absolute atomic E-state index is 13.3. The Morgan fingerprint density at radius 1 is 1.27 bits per heavy atom. The highest BCUT2D eigenvalue weighted by molar-refractivity contribution is 7.80. The number of thiazole rings is 1. The molecule has 2 atom stereocenters. The van der Waals surface area contributed by atoms with Gasteiger partial charge >= 0.3 is 22.3 Å². The van der Waals surface area contributed by atoms with Crippen LogP contribution in [0.2, 0.25) is 0 Å². The molecule has 22 heteroatoms. The van der Waals surface area contributed by atoms with Crippen LogP contribution in [-0.4, -0.2) is 114 Å². The van der Waals surface area contributed by atoms with E-state index in [9.17, 15) is 27.9 Å². The number of oxime groups is 1. The van der Waals surface area contributed by atoms with Crippen LogP contribution in [0.4, 0.5) is 11.1 Å². The average molecular weight is 764 g/mol. The van der Waals surface area contributed by atoms with Crippen LogP contribution in [0.1, 0.15) is 19.5 Å². The average Bonchev–Trinajstić information content (AvgIpc) is 3.50. The summed E-state index contributed by atoms with van der Waals surface area (Å²) in [6.45, 7) is 6.18. The Labute approximate surface area is 302 Å². The SMILES string of the molecule is C[n+]1cc(-c2ccc(OCC(O/N=C(\C(=O)N[C@@H]3C(=O)N(OS(=O)(=O)O)C3(C)C)c3csc(N)n3)C(=O)O)cc2)cnc1N(CCN)CC1CNC1. The van der Waals surface area contributed by atoms with Crippen molar-refractivity contribution in [2.24, 2.45) is 23.9 Å². The van der Waals surface area contributed by atoms with Crippen molar-refractivity contribution in [1.29, 1.82) is 0 Å². The number of hydrogen-bond acceptors (Lipinski definition) is 16. The number of nitrogens with one attached hydrogen (secondary N) is 2. The van der Waals surface area contributed by atoms with E-state index in [1.54, 1.807) is 30.5 Å². The predicted octanol–water partition coefficient (Wildman–Crippen LogP) is -1.31. The van der Waals surface area contributed by atoms with Gasteiger partial charge in [-0.3, -0.25) is 19.0 Å². The highest BCUT2D eigenvalue weighted by Crippen LogP contribution is 2.33. The Morgan fingerprint density at radius 2 is 1.98 bits per heavy atom. The molecule has 1 aromatic carbocycles. The molecule has 0 saturated carbocycles. The van der Waals surface area contributed by atoms with Crippen LogP contribution in [0, 0.1) is 5.92 Å². The first-order chi connectivity index (χ1) is 24.6. The molecule has 5 rings (SSSR count). The van der Waals surface area contributed by atoms with Gasteiger partial charge in [-0.2, -0.15) is 13.5 Å². The van der Waals surface area contributed by atoms with Crippen molar-refractivity contribution in [2.45, 2.75) is 31.5 Å². The molecule has 4 heterocycles. The highest BCUT2D eigenvalue weighted by Gasteiger charge is 2.58. The normalized spacial score (nSPS) is 17.9. The molecule has 0 radical (unpaired) electrons. The van der Waals surface area contributed by atoms with E-state index >= 15 is 0 Å². The number of aliphatic carboxylic acids is 1. The van der Waals surface area contributed by atoms with Gasteiger partial charge in [0.05, 0.1) is 31.9 Å². The van der Waals surface area contributed by atoms with Gasteiger partial charge < -0.3 is 36.8 Å². The van der Waals surface area contributed by atoms with Gasteiger partial charge in [0.1, 0.15) is 30.3 Å². The number of carbonyl (C=O) groups is 3. The third kappa shape index (κ3) is 8.89. The van der Waals surface area contributed by atoms with E-state index in [4.69, 9.17) is 30.6 Å². The van der Waals surface area contributed by atoms with Crippen LogP contribution in [-0.2, 0) is 41.0 Å². The predicted molar refractivity (Wildman–Crippen MR) is 185 cm³/mol. The number of nitrogen functional groups attached to an aromatic ring is 1. The van der Waals surface area contributed by atoms with Gasteiger partial charge in [-0.25, -0.2) is 14.3 Å². The molecular formula is C30H39N10O10S2+. The van der Waals surface area contributed by atoms with E-state index in [0.717, 1.165) is 48.0 Å². The van der Waals surface area contributed by atoms with Gasteiger partial charge in [-0.05, 0) is 31.5 Å². The van der Waals surface area contributed by atoms with E-state index in [1.165, 1.54) is 19.2 Å². The van der Waals surface area contributed by atoms with E-state index < -0.39 is 58.2 Å². The lowest BCUT2D eigenvalue weighted by molar-refractivity contribution is -0.661. The standard InChI is InChI=1S/C30H38N10O10S2/c1-30(2)24(26(42)40(30)50-52(45,46)47)36-25(41)23(21-16-51-28(32)35-21)37-49-22(27(43)44)15-48-20-6-4-18(5-7-20)19-12-34-29(38(3)14-19)39(9-8-31)13-17-10-33-11-17/h4-7,12,14,16-17,22,24,33H,8-11,13,15,31H2,1-3H3,(H4-,32,35,36,41,43,44,45,46,47)/p+1/b37-23-/t22?,24-/m1/s1. The van der Waals surface area contributed by atoms with E-state index in [1.807, 2.05) is 17.8 Å². The lowest BCUT2D eigenvalue weighted by atomic mass is 9.84. The molecule has 20 nitrogen and oxygen atoms in total. The van der Waals surface area contributed by atoms with Gasteiger partial charge in [-0.1, -0.05) is 22.3 Å². The molecule has 2 amide bonds. The lowest BCUT2D eigenvalue weighted by Gasteiger charge is -2.50. The Balaban J connectivity index is 1.24. The van der Waals surface area contributed by atoms with Crippen LogP contribution in [0.25, 0.3) is 11.1 Å². The summed E-state index contributed by atoms with van der Waals surface area (Å²) in [5, 5.41) is 21.0. The molecule has 2 fully saturated rings. The number of nitrogens with zero attached hydrogens (tertiary/aromatic N) is 6. The van der Waals surface area contributed by atoms with Crippen molar-refractivity contribution in [3.8, 4) is 16.9 Å². The Hall–Kier alpha value is -5.00. The Kier molecular flexibility index (Phi) is 11.6. The number of ether oxygens (including phenoxy) is 1. The number of rotatable bonds is 17. The zero-order valence-electron chi connectivity index (χ0n) is 28.3. The maximum atomic E-state index is 13.3. The Morgan fingerprint density at radius 3 is 2.52 bits per heavy atom. The first-order valence-electron chi connectivity index (χ1n) is 15.8. The number of carbonyl (C=O) groups excluding carboxylic acids is 2. The number of hydroxylamine groups is 2. The van der Waals surface area contributed by atoms with Gasteiger partial charge in [0.2, 0.25) is 0 Å².